The van der Waals surface area contributed by atoms with Crippen molar-refractivity contribution in [2.45, 2.75) is 18.2 Å². The van der Waals surface area contributed by atoms with E-state index in [0.29, 0.717) is 43.6 Å². The molecule has 1 fully saturated rings. The molecule has 1 saturated heterocycles. The van der Waals surface area contributed by atoms with Crippen LogP contribution in [0.4, 0.5) is 0 Å². The number of benzene rings is 1. The van der Waals surface area contributed by atoms with Gasteiger partial charge in [-0.3, -0.25) is 4.79 Å². The minimum atomic E-state index is -3.68. The minimum Gasteiger partial charge on any atom is -0.490 e. The minimum absolute atomic E-state index is 0.165. The fourth-order valence-electron chi connectivity index (χ4n) is 3.29. The summed E-state index contributed by atoms with van der Waals surface area (Å²) in [5, 5.41) is 0. The molecule has 0 atom stereocenters. The van der Waals surface area contributed by atoms with Gasteiger partial charge in [0.05, 0.1) is 18.1 Å². The number of fused-ring (bicyclic) bond motifs is 1. The molecule has 9 heteroatoms. The molecule has 2 aliphatic rings. The van der Waals surface area contributed by atoms with Crippen molar-refractivity contribution in [2.75, 3.05) is 39.4 Å². The Bertz CT molecular complexity index is 976. The van der Waals surface area contributed by atoms with Crippen LogP contribution in [0.1, 0.15) is 22.7 Å². The maximum atomic E-state index is 13.0. The zero-order valence-electron chi connectivity index (χ0n) is 15.6. The van der Waals surface area contributed by atoms with E-state index in [-0.39, 0.29) is 29.7 Å². The number of hydrogen-bond acceptors (Lipinski definition) is 6. The fourth-order valence-corrected chi connectivity index (χ4v) is 4.73. The van der Waals surface area contributed by atoms with Gasteiger partial charge in [-0.2, -0.15) is 4.31 Å². The highest BCUT2D eigenvalue weighted by molar-refractivity contribution is 7.89. The van der Waals surface area contributed by atoms with Crippen molar-refractivity contribution in [3.8, 4) is 11.5 Å². The largest absolute Gasteiger partial charge is 0.490 e. The number of rotatable bonds is 3. The Labute approximate surface area is 163 Å². The first kappa shape index (κ1) is 18.8. The summed E-state index contributed by atoms with van der Waals surface area (Å²) in [6, 6.07) is 8.05. The van der Waals surface area contributed by atoms with E-state index in [1.807, 2.05) is 0 Å². The molecule has 2 aliphatic heterocycles. The third-order valence-corrected chi connectivity index (χ3v) is 6.73. The third kappa shape index (κ3) is 3.59. The molecule has 0 bridgehead atoms. The van der Waals surface area contributed by atoms with Crippen LogP contribution in [0.15, 0.2) is 39.6 Å². The lowest BCUT2D eigenvalue weighted by Crippen LogP contribution is -2.50. The molecule has 3 heterocycles. The third-order valence-electron chi connectivity index (χ3n) is 4.83. The zero-order valence-corrected chi connectivity index (χ0v) is 16.4. The smallest absolute Gasteiger partial charge is 0.289 e. The van der Waals surface area contributed by atoms with Crippen LogP contribution in [0.2, 0.25) is 0 Å². The molecule has 28 heavy (non-hydrogen) atoms. The number of amides is 1. The Morgan fingerprint density at radius 3 is 2.36 bits per heavy atom. The van der Waals surface area contributed by atoms with Gasteiger partial charge in [0.1, 0.15) is 5.76 Å². The van der Waals surface area contributed by atoms with Crippen LogP contribution in [0, 0.1) is 6.92 Å². The van der Waals surface area contributed by atoms with Gasteiger partial charge in [0, 0.05) is 38.7 Å². The first-order valence-corrected chi connectivity index (χ1v) is 10.6. The second-order valence-corrected chi connectivity index (χ2v) is 8.70. The molecule has 0 radical (unpaired) electrons. The van der Waals surface area contributed by atoms with E-state index in [9.17, 15) is 13.2 Å². The molecular formula is C19H22N2O6S. The van der Waals surface area contributed by atoms with Crippen LogP contribution in [-0.4, -0.2) is 62.9 Å². The fraction of sp³-hybridized carbons (Fsp3) is 0.421. The van der Waals surface area contributed by atoms with Gasteiger partial charge in [0.15, 0.2) is 17.3 Å². The molecule has 0 unspecified atom stereocenters. The number of sulfonamides is 1. The molecule has 1 aromatic heterocycles. The normalized spacial score (nSPS) is 18.0. The Kier molecular flexibility index (Phi) is 5.03. The predicted molar refractivity (Wildman–Crippen MR) is 100 cm³/mol. The molecule has 1 aromatic carbocycles. The van der Waals surface area contributed by atoms with E-state index in [2.05, 4.69) is 0 Å². The van der Waals surface area contributed by atoms with Gasteiger partial charge in [-0.05, 0) is 31.2 Å². The average molecular weight is 406 g/mol. The molecule has 4 rings (SSSR count). The zero-order chi connectivity index (χ0) is 19.7. The van der Waals surface area contributed by atoms with E-state index in [1.165, 1.54) is 16.4 Å². The number of nitrogens with zero attached hydrogens (tertiary/aromatic N) is 2. The van der Waals surface area contributed by atoms with Crippen LogP contribution in [0.3, 0.4) is 0 Å². The highest BCUT2D eigenvalue weighted by atomic mass is 32.2. The first-order valence-electron chi connectivity index (χ1n) is 9.21. The molecule has 150 valence electrons. The first-order chi connectivity index (χ1) is 13.4. The number of carbonyl (C=O) groups is 1. The van der Waals surface area contributed by atoms with Crippen LogP contribution in [-0.2, 0) is 10.0 Å². The molecule has 0 saturated carbocycles. The predicted octanol–water partition coefficient (Wildman–Crippen LogP) is 1.90. The van der Waals surface area contributed by atoms with Gasteiger partial charge < -0.3 is 18.8 Å². The summed E-state index contributed by atoms with van der Waals surface area (Å²) in [4.78, 5) is 14.2. The van der Waals surface area contributed by atoms with Crippen molar-refractivity contribution in [2.24, 2.45) is 0 Å². The van der Waals surface area contributed by atoms with Gasteiger partial charge in [-0.25, -0.2) is 8.42 Å². The molecular weight excluding hydrogens is 384 g/mol. The highest BCUT2D eigenvalue weighted by Gasteiger charge is 2.32. The lowest BCUT2D eigenvalue weighted by Gasteiger charge is -2.33. The Balaban J connectivity index is 1.46. The highest BCUT2D eigenvalue weighted by Crippen LogP contribution is 2.33. The van der Waals surface area contributed by atoms with Gasteiger partial charge in [0.2, 0.25) is 10.0 Å². The van der Waals surface area contributed by atoms with Crippen LogP contribution in [0.5, 0.6) is 11.5 Å². The van der Waals surface area contributed by atoms with Gasteiger partial charge >= 0.3 is 0 Å². The molecule has 1 amide bonds. The Morgan fingerprint density at radius 2 is 1.68 bits per heavy atom. The quantitative estimate of drug-likeness (QED) is 0.773. The number of ether oxygens (including phenoxy) is 2. The van der Waals surface area contributed by atoms with Crippen molar-refractivity contribution < 1.29 is 27.1 Å². The number of piperazine rings is 1. The Morgan fingerprint density at radius 1 is 0.964 bits per heavy atom. The van der Waals surface area contributed by atoms with Crippen molar-refractivity contribution >= 4 is 15.9 Å². The maximum Gasteiger partial charge on any atom is 0.289 e. The van der Waals surface area contributed by atoms with E-state index in [4.69, 9.17) is 13.9 Å². The lowest BCUT2D eigenvalue weighted by atomic mass is 10.3. The number of hydrogen-bond donors (Lipinski definition) is 0. The molecule has 2 aromatic rings. The summed E-state index contributed by atoms with van der Waals surface area (Å²) in [6.45, 7) is 3.87. The number of carbonyl (C=O) groups excluding carboxylic acids is 1. The van der Waals surface area contributed by atoms with Crippen LogP contribution >= 0.6 is 0 Å². The van der Waals surface area contributed by atoms with E-state index < -0.39 is 10.0 Å². The van der Waals surface area contributed by atoms with E-state index in [0.717, 1.165) is 6.42 Å². The van der Waals surface area contributed by atoms with Crippen molar-refractivity contribution in [1.82, 2.24) is 9.21 Å². The maximum absolute atomic E-state index is 13.0. The molecule has 0 N–H and O–H groups in total. The van der Waals surface area contributed by atoms with Crippen molar-refractivity contribution in [1.29, 1.82) is 0 Å². The monoisotopic (exact) mass is 406 g/mol. The average Bonchev–Trinajstić information content (AvgIpc) is 3.00. The van der Waals surface area contributed by atoms with Crippen molar-refractivity contribution in [3.63, 3.8) is 0 Å². The SMILES string of the molecule is Cc1ccc(C(=O)N2CCN(S(=O)(=O)c3ccc4c(c3)OCCCO4)CC2)o1. The van der Waals surface area contributed by atoms with Crippen LogP contribution < -0.4 is 9.47 Å². The topological polar surface area (TPSA) is 89.3 Å². The molecule has 8 nitrogen and oxygen atoms in total. The molecule has 0 spiro atoms. The summed E-state index contributed by atoms with van der Waals surface area (Å²) in [5.74, 6) is 1.72. The summed E-state index contributed by atoms with van der Waals surface area (Å²) in [6.07, 6.45) is 0.752. The second-order valence-electron chi connectivity index (χ2n) is 6.77. The van der Waals surface area contributed by atoms with Crippen LogP contribution in [0.25, 0.3) is 0 Å². The summed E-state index contributed by atoms with van der Waals surface area (Å²) < 4.78 is 44.0. The second kappa shape index (κ2) is 7.48. The van der Waals surface area contributed by atoms with Gasteiger partial charge in [-0.15, -0.1) is 0 Å². The van der Waals surface area contributed by atoms with E-state index >= 15 is 0 Å². The summed E-state index contributed by atoms with van der Waals surface area (Å²) in [7, 11) is -3.68. The Hall–Kier alpha value is -2.52. The number of furan rings is 1. The van der Waals surface area contributed by atoms with Gasteiger partial charge in [-0.1, -0.05) is 0 Å². The standard InChI is InChI=1S/C19H22N2O6S/c1-14-3-5-17(27-14)19(22)20-7-9-21(10-8-20)28(23,24)15-4-6-16-18(13-15)26-12-2-11-25-16/h3-6,13H,2,7-12H2,1H3. The molecule has 0 aliphatic carbocycles. The summed E-state index contributed by atoms with van der Waals surface area (Å²) >= 11 is 0. The van der Waals surface area contributed by atoms with E-state index in [1.54, 1.807) is 30.0 Å². The summed E-state index contributed by atoms with van der Waals surface area (Å²) in [5.41, 5.74) is 0. The van der Waals surface area contributed by atoms with Gasteiger partial charge in [0.25, 0.3) is 5.91 Å². The number of aryl methyl sites for hydroxylation is 1. The van der Waals surface area contributed by atoms with Crippen molar-refractivity contribution in [3.05, 3.63) is 41.9 Å². The lowest BCUT2D eigenvalue weighted by molar-refractivity contribution is 0.0664.